The molecule has 186 valence electrons. The Hall–Kier alpha value is -3.52. The zero-order chi connectivity index (χ0) is 26.2. The minimum Gasteiger partial charge on any atom is -0.444 e. The molecule has 0 fully saturated rings. The lowest BCUT2D eigenvalue weighted by Crippen LogP contribution is -2.36. The van der Waals surface area contributed by atoms with Crippen molar-refractivity contribution in [2.75, 3.05) is 4.90 Å². The van der Waals surface area contributed by atoms with Gasteiger partial charge in [-0.25, -0.2) is 9.69 Å². The Morgan fingerprint density at radius 3 is 2.14 bits per heavy atom. The van der Waals surface area contributed by atoms with Crippen molar-refractivity contribution >= 4 is 39.5 Å². The highest BCUT2D eigenvalue weighted by molar-refractivity contribution is 9.10. The summed E-state index contributed by atoms with van der Waals surface area (Å²) >= 11 is 3.56. The number of nitrogens with zero attached hydrogens (tertiary/aromatic N) is 2. The quantitative estimate of drug-likeness (QED) is 0.390. The molecule has 0 bridgehead atoms. The zero-order valence-corrected chi connectivity index (χ0v) is 22.5. The van der Waals surface area contributed by atoms with E-state index in [1.54, 1.807) is 51.1 Å². The fraction of sp³-hybridized carbons (Fsp3) is 0.286. The van der Waals surface area contributed by atoms with Crippen LogP contribution < -0.4 is 10.2 Å². The number of pyridine rings is 1. The standard InChI is InChI=1S/C28H28BrN3O4/c1-16-10-17(2)12-18(11-16)13-23(31-27(35)36-28(3,4)5)24-22(29)14-19(15-30-24)32-25(33)20-8-6-7-9-21(20)26(32)34/h6-12,14-15,23H,13H2,1-5H3,(H,31,35). The van der Waals surface area contributed by atoms with Crippen LogP contribution in [0.4, 0.5) is 10.5 Å². The number of aryl methyl sites for hydroxylation is 2. The molecule has 4 rings (SSSR count). The monoisotopic (exact) mass is 549 g/mol. The largest absolute Gasteiger partial charge is 0.444 e. The van der Waals surface area contributed by atoms with E-state index < -0.39 is 29.6 Å². The van der Waals surface area contributed by atoms with Crippen LogP contribution in [0.1, 0.15) is 69.9 Å². The summed E-state index contributed by atoms with van der Waals surface area (Å²) in [5, 5.41) is 2.94. The highest BCUT2D eigenvalue weighted by atomic mass is 79.9. The Balaban J connectivity index is 1.67. The van der Waals surface area contributed by atoms with E-state index in [1.807, 2.05) is 13.8 Å². The van der Waals surface area contributed by atoms with Crippen molar-refractivity contribution < 1.29 is 19.1 Å². The summed E-state index contributed by atoms with van der Waals surface area (Å²) in [6.45, 7) is 9.46. The first kappa shape index (κ1) is 25.6. The smallest absolute Gasteiger partial charge is 0.408 e. The fourth-order valence-electron chi connectivity index (χ4n) is 4.33. The molecule has 8 heteroatoms. The summed E-state index contributed by atoms with van der Waals surface area (Å²) in [4.78, 5) is 44.2. The molecular formula is C28H28BrN3O4. The van der Waals surface area contributed by atoms with Gasteiger partial charge in [0.05, 0.1) is 34.7 Å². The first-order chi connectivity index (χ1) is 16.9. The minimum absolute atomic E-state index is 0.347. The Kier molecular flexibility index (Phi) is 7.00. The molecule has 0 radical (unpaired) electrons. The van der Waals surface area contributed by atoms with E-state index in [4.69, 9.17) is 4.74 Å². The molecule has 3 amide bonds. The number of anilines is 1. The van der Waals surface area contributed by atoms with Gasteiger partial charge in [-0.15, -0.1) is 0 Å². The topological polar surface area (TPSA) is 88.6 Å². The molecule has 7 nitrogen and oxygen atoms in total. The number of carbonyl (C=O) groups is 3. The summed E-state index contributed by atoms with van der Waals surface area (Å²) in [7, 11) is 0. The van der Waals surface area contributed by atoms with Gasteiger partial charge in [-0.3, -0.25) is 14.6 Å². The number of amides is 3. The number of aromatic nitrogens is 1. The molecule has 1 aliphatic heterocycles. The number of hydrogen-bond donors (Lipinski definition) is 1. The van der Waals surface area contributed by atoms with Gasteiger partial charge < -0.3 is 10.1 Å². The van der Waals surface area contributed by atoms with Crippen LogP contribution in [-0.2, 0) is 11.2 Å². The molecule has 1 N–H and O–H groups in total. The Morgan fingerprint density at radius 1 is 1.03 bits per heavy atom. The lowest BCUT2D eigenvalue weighted by atomic mass is 9.99. The molecule has 36 heavy (non-hydrogen) atoms. The maximum Gasteiger partial charge on any atom is 0.408 e. The van der Waals surface area contributed by atoms with Gasteiger partial charge in [0, 0.05) is 4.47 Å². The van der Waals surface area contributed by atoms with Gasteiger partial charge >= 0.3 is 6.09 Å². The number of nitrogens with one attached hydrogen (secondary N) is 1. The van der Waals surface area contributed by atoms with E-state index in [0.29, 0.717) is 33.4 Å². The third-order valence-corrected chi connectivity index (χ3v) is 6.28. The molecule has 2 aromatic carbocycles. The average Bonchev–Trinajstić information content (AvgIpc) is 3.01. The van der Waals surface area contributed by atoms with Crippen LogP contribution in [0, 0.1) is 13.8 Å². The lowest BCUT2D eigenvalue weighted by Gasteiger charge is -2.25. The molecule has 1 atom stereocenters. The molecule has 1 aromatic heterocycles. The van der Waals surface area contributed by atoms with Crippen molar-refractivity contribution in [2.45, 2.75) is 52.7 Å². The fourth-order valence-corrected chi connectivity index (χ4v) is 4.94. The number of benzene rings is 2. The van der Waals surface area contributed by atoms with E-state index in [9.17, 15) is 14.4 Å². The van der Waals surface area contributed by atoms with E-state index in [0.717, 1.165) is 21.6 Å². The first-order valence-corrected chi connectivity index (χ1v) is 12.4. The van der Waals surface area contributed by atoms with Gasteiger partial charge in [-0.2, -0.15) is 0 Å². The van der Waals surface area contributed by atoms with Crippen molar-refractivity contribution in [3.8, 4) is 0 Å². The summed E-state index contributed by atoms with van der Waals surface area (Å²) in [6.07, 6.45) is 1.39. The number of halogens is 1. The summed E-state index contributed by atoms with van der Waals surface area (Å²) in [5.41, 5.74) is 4.24. The van der Waals surface area contributed by atoms with Crippen LogP contribution in [0.15, 0.2) is 59.2 Å². The zero-order valence-electron chi connectivity index (χ0n) is 20.9. The Bertz CT molecular complexity index is 1310. The SMILES string of the molecule is Cc1cc(C)cc(CC(NC(=O)OC(C)(C)C)c2ncc(N3C(=O)c4ccccc4C3=O)cc2Br)c1. The number of rotatable bonds is 5. The van der Waals surface area contributed by atoms with Crippen LogP contribution in [0.2, 0.25) is 0 Å². The summed E-state index contributed by atoms with van der Waals surface area (Å²) in [5.74, 6) is -0.786. The second-order valence-corrected chi connectivity index (χ2v) is 10.8. The minimum atomic E-state index is -0.658. The van der Waals surface area contributed by atoms with Crippen LogP contribution >= 0.6 is 15.9 Å². The Morgan fingerprint density at radius 2 is 1.61 bits per heavy atom. The molecule has 0 saturated heterocycles. The number of carbonyl (C=O) groups excluding carboxylic acids is 3. The van der Waals surface area contributed by atoms with Gasteiger partial charge in [-0.1, -0.05) is 41.5 Å². The van der Waals surface area contributed by atoms with Crippen LogP contribution in [0.25, 0.3) is 0 Å². The van der Waals surface area contributed by atoms with Crippen molar-refractivity contribution in [3.05, 3.63) is 92.7 Å². The second kappa shape index (κ2) is 9.85. The number of hydrogen-bond acceptors (Lipinski definition) is 5. The van der Waals surface area contributed by atoms with E-state index >= 15 is 0 Å². The molecule has 2 heterocycles. The van der Waals surface area contributed by atoms with Gasteiger partial charge in [0.15, 0.2) is 0 Å². The first-order valence-electron chi connectivity index (χ1n) is 11.6. The molecule has 0 saturated carbocycles. The van der Waals surface area contributed by atoms with E-state index in [-0.39, 0.29) is 0 Å². The van der Waals surface area contributed by atoms with Crippen molar-refractivity contribution in [3.63, 3.8) is 0 Å². The van der Waals surface area contributed by atoms with Crippen LogP contribution in [0.5, 0.6) is 0 Å². The molecule has 3 aromatic rings. The molecule has 0 spiro atoms. The maximum atomic E-state index is 12.9. The van der Waals surface area contributed by atoms with Gasteiger partial charge in [0.25, 0.3) is 11.8 Å². The highest BCUT2D eigenvalue weighted by Gasteiger charge is 2.37. The van der Waals surface area contributed by atoms with Gasteiger partial charge in [0.2, 0.25) is 0 Å². The third kappa shape index (κ3) is 5.49. The Labute approximate surface area is 219 Å². The number of fused-ring (bicyclic) bond motifs is 1. The van der Waals surface area contributed by atoms with Gasteiger partial charge in [0.1, 0.15) is 5.60 Å². The number of ether oxygens (including phenoxy) is 1. The molecular weight excluding hydrogens is 522 g/mol. The second-order valence-electron chi connectivity index (χ2n) is 9.95. The number of alkyl carbamates (subject to hydrolysis) is 1. The average molecular weight is 550 g/mol. The van der Waals surface area contributed by atoms with Crippen molar-refractivity contribution in [1.29, 1.82) is 0 Å². The molecule has 1 unspecified atom stereocenters. The summed E-state index contributed by atoms with van der Waals surface area (Å²) < 4.78 is 6.05. The maximum absolute atomic E-state index is 12.9. The third-order valence-electron chi connectivity index (χ3n) is 5.65. The van der Waals surface area contributed by atoms with E-state index in [2.05, 4.69) is 44.4 Å². The predicted octanol–water partition coefficient (Wildman–Crippen LogP) is 6.07. The van der Waals surface area contributed by atoms with Crippen LogP contribution in [0.3, 0.4) is 0 Å². The van der Waals surface area contributed by atoms with Crippen LogP contribution in [-0.4, -0.2) is 28.5 Å². The predicted molar refractivity (Wildman–Crippen MR) is 141 cm³/mol. The van der Waals surface area contributed by atoms with Crippen molar-refractivity contribution in [1.82, 2.24) is 10.3 Å². The normalized spacial score (nSPS) is 14.0. The lowest BCUT2D eigenvalue weighted by molar-refractivity contribution is 0.0501. The molecule has 1 aliphatic rings. The van der Waals surface area contributed by atoms with Gasteiger partial charge in [-0.05, 0) is 80.7 Å². The van der Waals surface area contributed by atoms with Crippen molar-refractivity contribution in [2.24, 2.45) is 0 Å². The summed E-state index contributed by atoms with van der Waals surface area (Å²) in [6, 6.07) is 14.1. The highest BCUT2D eigenvalue weighted by Crippen LogP contribution is 2.33. The van der Waals surface area contributed by atoms with E-state index in [1.165, 1.54) is 6.20 Å². The molecule has 0 aliphatic carbocycles. The number of imide groups is 1.